The highest BCUT2D eigenvalue weighted by Crippen LogP contribution is 2.23. The summed E-state index contributed by atoms with van der Waals surface area (Å²) < 4.78 is 5.56. The molecule has 0 saturated heterocycles. The van der Waals surface area contributed by atoms with E-state index in [1.165, 1.54) is 24.2 Å². The Balaban J connectivity index is 0.00000239. The van der Waals surface area contributed by atoms with Gasteiger partial charge in [-0.25, -0.2) is 4.98 Å². The van der Waals surface area contributed by atoms with E-state index in [0.29, 0.717) is 24.3 Å². The van der Waals surface area contributed by atoms with E-state index in [2.05, 4.69) is 41.7 Å². The lowest BCUT2D eigenvalue weighted by atomic mass is 9.96. The Bertz CT molecular complexity index is 1520. The third-order valence-electron chi connectivity index (χ3n) is 8.91. The van der Waals surface area contributed by atoms with Gasteiger partial charge in [-0.15, -0.1) is 11.3 Å². The van der Waals surface area contributed by atoms with Crippen LogP contribution in [-0.2, 0) is 32.1 Å². The fourth-order valence-electron chi connectivity index (χ4n) is 5.42. The van der Waals surface area contributed by atoms with Crippen molar-refractivity contribution < 1.29 is 23.9 Å². The zero-order valence-electron chi connectivity index (χ0n) is 33.4. The minimum absolute atomic E-state index is 0.0729. The molecule has 0 bridgehead atoms. The van der Waals surface area contributed by atoms with E-state index in [1.807, 2.05) is 93.4 Å². The van der Waals surface area contributed by atoms with Crippen LogP contribution in [0.25, 0.3) is 0 Å². The Kier molecular flexibility index (Phi) is 22.0. The molecule has 0 aliphatic heterocycles. The van der Waals surface area contributed by atoms with E-state index in [9.17, 15) is 19.2 Å². The van der Waals surface area contributed by atoms with Crippen LogP contribution in [0.15, 0.2) is 66.0 Å². The molecule has 0 fully saturated rings. The average Bonchev–Trinajstić information content (AvgIpc) is 3.67. The number of hydrogen-bond acceptors (Lipinski definition) is 9. The molecule has 298 valence electrons. The molecule has 3 rings (SSSR count). The number of hydrogen-bond donors (Lipinski definition) is 4. The minimum Gasteiger partial charge on any atom is -0.461 e. The topological polar surface area (TPSA) is 156 Å². The molecular weight excluding hydrogens is 701 g/mol. The summed E-state index contributed by atoms with van der Waals surface area (Å²) in [5, 5.41) is 11.0. The Hall–Kier alpha value is -4.13. The first kappa shape index (κ1) is 46.0. The second-order valence-electron chi connectivity index (χ2n) is 14.3. The number of carbonyl (C=O) groups excluding carboxylic acids is 4. The SMILES string of the molecule is CCCC.CCCCN(C)CC(=O)NCC(=O)NC(CC(N)c1nc(C(=O)NC(Cc2ccccc2)CC(C)C(=O)OCc2ccccc2)cs1)C(C)C. The quantitative estimate of drug-likeness (QED) is 0.0853. The Labute approximate surface area is 327 Å². The molecule has 0 aliphatic carbocycles. The number of thiazole rings is 1. The van der Waals surface area contributed by atoms with Crippen molar-refractivity contribution in [2.24, 2.45) is 17.6 Å². The van der Waals surface area contributed by atoms with E-state index in [1.54, 1.807) is 5.38 Å². The minimum atomic E-state index is -0.518. The molecule has 11 nitrogen and oxygen atoms in total. The molecule has 3 aromatic rings. The number of likely N-dealkylation sites (N-methyl/N-ethyl adjacent to an activating group) is 1. The first-order valence-electron chi connectivity index (χ1n) is 19.4. The molecule has 3 amide bonds. The van der Waals surface area contributed by atoms with Gasteiger partial charge in [0.15, 0.2) is 0 Å². The summed E-state index contributed by atoms with van der Waals surface area (Å²) in [5.74, 6) is -1.54. The van der Waals surface area contributed by atoms with E-state index in [4.69, 9.17) is 10.5 Å². The standard InChI is InChI=1S/C38H54N6O5S.C4H10/c1-6-7-18-44(5)23-35(46)40-22-34(45)42-32(26(2)3)21-31(39)37-43-33(25-50-37)36(47)41-30(20-28-14-10-8-11-15-28)19-27(4)38(48)49-24-29-16-12-9-13-17-29;1-3-4-2/h8-17,25-27,30-32H,6-7,18-24,39H2,1-5H3,(H,40,46)(H,41,47)(H,42,45);3-4H2,1-2H3. The van der Waals surface area contributed by atoms with Crippen molar-refractivity contribution in [2.75, 3.05) is 26.7 Å². The summed E-state index contributed by atoms with van der Waals surface area (Å²) in [7, 11) is 1.88. The first-order chi connectivity index (χ1) is 25.9. The van der Waals surface area contributed by atoms with Crippen LogP contribution in [0.4, 0.5) is 0 Å². The zero-order valence-corrected chi connectivity index (χ0v) is 34.3. The zero-order chi connectivity index (χ0) is 39.9. The number of ether oxygens (including phenoxy) is 1. The largest absolute Gasteiger partial charge is 0.461 e. The van der Waals surface area contributed by atoms with Crippen molar-refractivity contribution >= 4 is 35.0 Å². The summed E-state index contributed by atoms with van der Waals surface area (Å²) in [6.07, 6.45) is 6.02. The van der Waals surface area contributed by atoms with Crippen molar-refractivity contribution in [3.63, 3.8) is 0 Å². The van der Waals surface area contributed by atoms with Crippen LogP contribution in [-0.4, -0.2) is 72.3 Å². The van der Waals surface area contributed by atoms with Gasteiger partial charge in [-0.05, 0) is 56.3 Å². The lowest BCUT2D eigenvalue weighted by Gasteiger charge is -2.25. The van der Waals surface area contributed by atoms with Crippen LogP contribution in [0.5, 0.6) is 0 Å². The smallest absolute Gasteiger partial charge is 0.309 e. The second-order valence-corrected chi connectivity index (χ2v) is 15.2. The van der Waals surface area contributed by atoms with Gasteiger partial charge in [0.1, 0.15) is 17.3 Å². The third kappa shape index (κ3) is 18.3. The monoisotopic (exact) mass is 764 g/mol. The summed E-state index contributed by atoms with van der Waals surface area (Å²) in [6.45, 7) is 13.4. The molecule has 4 unspecified atom stereocenters. The molecule has 1 heterocycles. The first-order valence-corrected chi connectivity index (χ1v) is 20.2. The number of unbranched alkanes of at least 4 members (excludes halogenated alkanes) is 2. The van der Waals surface area contributed by atoms with Crippen LogP contribution in [0.3, 0.4) is 0 Å². The number of nitrogens with zero attached hydrogens (tertiary/aromatic N) is 2. The van der Waals surface area contributed by atoms with Crippen molar-refractivity contribution in [1.29, 1.82) is 0 Å². The molecule has 5 N–H and O–H groups in total. The molecular formula is C42H64N6O5S. The molecule has 0 saturated carbocycles. The second kappa shape index (κ2) is 25.8. The molecule has 0 radical (unpaired) electrons. The summed E-state index contributed by atoms with van der Waals surface area (Å²) in [5.41, 5.74) is 8.74. The van der Waals surface area contributed by atoms with Gasteiger partial charge >= 0.3 is 5.97 Å². The third-order valence-corrected chi connectivity index (χ3v) is 9.88. The van der Waals surface area contributed by atoms with Crippen molar-refractivity contribution in [3.8, 4) is 0 Å². The molecule has 12 heteroatoms. The van der Waals surface area contributed by atoms with Crippen LogP contribution in [0.1, 0.15) is 113 Å². The highest BCUT2D eigenvalue weighted by atomic mass is 32.1. The van der Waals surface area contributed by atoms with Crippen molar-refractivity contribution in [1.82, 2.24) is 25.8 Å². The number of amides is 3. The Morgan fingerprint density at radius 2 is 1.48 bits per heavy atom. The molecule has 4 atom stereocenters. The normalized spacial score (nSPS) is 13.2. The Morgan fingerprint density at radius 3 is 2.07 bits per heavy atom. The fourth-order valence-corrected chi connectivity index (χ4v) is 6.24. The number of aromatic nitrogens is 1. The lowest BCUT2D eigenvalue weighted by Crippen LogP contribution is -2.46. The van der Waals surface area contributed by atoms with Gasteiger partial charge in [0.05, 0.1) is 25.0 Å². The number of esters is 1. The van der Waals surface area contributed by atoms with E-state index in [-0.39, 0.29) is 67.1 Å². The van der Waals surface area contributed by atoms with Crippen LogP contribution >= 0.6 is 11.3 Å². The summed E-state index contributed by atoms with van der Waals surface area (Å²) in [4.78, 5) is 57.8. The van der Waals surface area contributed by atoms with Gasteiger partial charge in [-0.1, -0.05) is 121 Å². The van der Waals surface area contributed by atoms with Crippen LogP contribution in [0.2, 0.25) is 0 Å². The average molecular weight is 765 g/mol. The van der Waals surface area contributed by atoms with Crippen LogP contribution < -0.4 is 21.7 Å². The molecule has 2 aromatic carbocycles. The number of carbonyl (C=O) groups is 4. The summed E-state index contributed by atoms with van der Waals surface area (Å²) >= 11 is 1.29. The molecule has 54 heavy (non-hydrogen) atoms. The molecule has 0 aliphatic rings. The number of benzene rings is 2. The van der Waals surface area contributed by atoms with Gasteiger partial charge in [0.2, 0.25) is 11.8 Å². The van der Waals surface area contributed by atoms with Crippen molar-refractivity contribution in [3.05, 3.63) is 87.9 Å². The van der Waals surface area contributed by atoms with Gasteiger partial charge in [-0.3, -0.25) is 24.1 Å². The van der Waals surface area contributed by atoms with E-state index in [0.717, 1.165) is 30.5 Å². The van der Waals surface area contributed by atoms with Gasteiger partial charge in [0, 0.05) is 17.5 Å². The summed E-state index contributed by atoms with van der Waals surface area (Å²) in [6, 6.07) is 18.2. The Morgan fingerprint density at radius 1 is 0.852 bits per heavy atom. The van der Waals surface area contributed by atoms with E-state index < -0.39 is 12.0 Å². The highest BCUT2D eigenvalue weighted by molar-refractivity contribution is 7.09. The van der Waals surface area contributed by atoms with Crippen LogP contribution in [0, 0.1) is 11.8 Å². The van der Waals surface area contributed by atoms with Gasteiger partial charge in [-0.2, -0.15) is 0 Å². The maximum atomic E-state index is 13.4. The molecule has 1 aromatic heterocycles. The molecule has 0 spiro atoms. The van der Waals surface area contributed by atoms with Gasteiger partial charge in [0.25, 0.3) is 5.91 Å². The highest BCUT2D eigenvalue weighted by Gasteiger charge is 2.26. The maximum Gasteiger partial charge on any atom is 0.309 e. The lowest BCUT2D eigenvalue weighted by molar-refractivity contribution is -0.149. The number of nitrogens with two attached hydrogens (primary N) is 1. The predicted molar refractivity (Wildman–Crippen MR) is 218 cm³/mol. The number of rotatable bonds is 22. The van der Waals surface area contributed by atoms with Gasteiger partial charge < -0.3 is 26.4 Å². The van der Waals surface area contributed by atoms with E-state index >= 15 is 0 Å². The maximum absolute atomic E-state index is 13.4. The predicted octanol–water partition coefficient (Wildman–Crippen LogP) is 6.44. The number of nitrogens with one attached hydrogen (secondary N) is 3. The van der Waals surface area contributed by atoms with Crippen molar-refractivity contribution in [2.45, 2.75) is 111 Å². The fraction of sp³-hybridized carbons (Fsp3) is 0.548.